The van der Waals surface area contributed by atoms with E-state index in [1.54, 1.807) is 28.7 Å². The van der Waals surface area contributed by atoms with E-state index in [0.29, 0.717) is 29.5 Å². The van der Waals surface area contributed by atoms with Crippen LogP contribution in [0.4, 0.5) is 26.0 Å². The highest BCUT2D eigenvalue weighted by molar-refractivity contribution is 6.08. The van der Waals surface area contributed by atoms with Crippen molar-refractivity contribution in [1.29, 1.82) is 0 Å². The van der Waals surface area contributed by atoms with Crippen molar-refractivity contribution in [3.63, 3.8) is 0 Å². The van der Waals surface area contributed by atoms with Crippen LogP contribution in [0.1, 0.15) is 113 Å². The molecule has 1 atom stereocenters. The summed E-state index contributed by atoms with van der Waals surface area (Å²) in [6, 6.07) is 7.32. The third kappa shape index (κ3) is 7.97. The van der Waals surface area contributed by atoms with Crippen LogP contribution in [0.2, 0.25) is 0 Å². The zero-order valence-corrected chi connectivity index (χ0v) is 35.9. The molecule has 16 nitrogen and oxygen atoms in total. The average Bonchev–Trinajstić information content (AvgIpc) is 3.95. The quantitative estimate of drug-likeness (QED) is 0.167. The number of carbonyl (C=O) groups excluding carboxylic acids is 3. The number of imidazole rings is 1. The normalized spacial score (nSPS) is 22.6. The largest absolute Gasteiger partial charge is 0.370 e. The Hall–Kier alpha value is -5.65. The van der Waals surface area contributed by atoms with E-state index >= 15 is 0 Å². The molecule has 1 aliphatic carbocycles. The number of benzene rings is 1. The van der Waals surface area contributed by atoms with Crippen molar-refractivity contribution in [2.24, 2.45) is 18.4 Å². The lowest BCUT2D eigenvalue weighted by Gasteiger charge is -2.40. The lowest BCUT2D eigenvalue weighted by Crippen LogP contribution is -2.45. The Morgan fingerprint density at radius 1 is 0.984 bits per heavy atom. The molecule has 0 radical (unpaired) electrons. The molecular formula is C44H56F2N12O4. The van der Waals surface area contributed by atoms with Gasteiger partial charge in [-0.3, -0.25) is 33.5 Å². The van der Waals surface area contributed by atoms with Crippen LogP contribution in [-0.2, 0) is 16.6 Å². The Kier molecular flexibility index (Phi) is 11.1. The fourth-order valence-electron chi connectivity index (χ4n) is 10.2. The van der Waals surface area contributed by atoms with Crippen molar-refractivity contribution in [3.05, 3.63) is 64.6 Å². The molecule has 9 rings (SSSR count). The van der Waals surface area contributed by atoms with E-state index in [2.05, 4.69) is 56.4 Å². The zero-order valence-electron chi connectivity index (χ0n) is 35.9. The molecule has 7 heterocycles. The topological polar surface area (TPSA) is 160 Å². The van der Waals surface area contributed by atoms with E-state index in [-0.39, 0.29) is 40.7 Å². The SMILES string of the molecule is CN(CC1CCC(n2cc(NC(=O)c3cnn4ccc(N5CCC(C)(C)CC5)nc34)c(C(F)F)n2)CC1)C1CCN(c2cccc3c2n(C)c(=O)n3C2CCC(=O)NC2=O)CC1. The van der Waals surface area contributed by atoms with Crippen molar-refractivity contribution in [1.82, 2.24) is 43.7 Å². The summed E-state index contributed by atoms with van der Waals surface area (Å²) in [5.74, 6) is -0.102. The number of hydrogen-bond acceptors (Lipinski definition) is 10. The number of aromatic nitrogens is 7. The highest BCUT2D eigenvalue weighted by Crippen LogP contribution is 2.37. The minimum atomic E-state index is -2.86. The van der Waals surface area contributed by atoms with Gasteiger partial charge in [0.1, 0.15) is 17.4 Å². The number of piperidine rings is 3. The predicted octanol–water partition coefficient (Wildman–Crippen LogP) is 5.71. The maximum Gasteiger partial charge on any atom is 0.329 e. The van der Waals surface area contributed by atoms with Gasteiger partial charge in [-0.25, -0.2) is 23.1 Å². The summed E-state index contributed by atoms with van der Waals surface area (Å²) in [6.45, 7) is 8.81. The molecule has 0 bridgehead atoms. The minimum Gasteiger partial charge on any atom is -0.370 e. The van der Waals surface area contributed by atoms with Gasteiger partial charge in [0.2, 0.25) is 11.8 Å². The molecule has 330 valence electrons. The van der Waals surface area contributed by atoms with Crippen LogP contribution in [-0.4, -0.2) is 102 Å². The summed E-state index contributed by atoms with van der Waals surface area (Å²) in [4.78, 5) is 63.4. The molecule has 62 heavy (non-hydrogen) atoms. The number of halogens is 2. The third-order valence-electron chi connectivity index (χ3n) is 14.0. The van der Waals surface area contributed by atoms with E-state index in [1.807, 2.05) is 24.3 Å². The van der Waals surface area contributed by atoms with Gasteiger partial charge in [-0.05, 0) is 94.4 Å². The second-order valence-electron chi connectivity index (χ2n) is 18.6. The number of para-hydroxylation sites is 1. The fraction of sp³-hybridized carbons (Fsp3) is 0.568. The molecule has 3 amide bonds. The number of rotatable bonds is 10. The number of carbonyl (C=O) groups is 3. The van der Waals surface area contributed by atoms with Crippen LogP contribution in [0.15, 0.2) is 47.7 Å². The van der Waals surface area contributed by atoms with Gasteiger partial charge in [0.05, 0.1) is 34.6 Å². The molecule has 3 aliphatic heterocycles. The average molecular weight is 855 g/mol. The smallest absolute Gasteiger partial charge is 0.329 e. The summed E-state index contributed by atoms with van der Waals surface area (Å²) in [5, 5.41) is 13.7. The number of amides is 3. The van der Waals surface area contributed by atoms with Gasteiger partial charge in [-0.1, -0.05) is 19.9 Å². The number of nitrogens with one attached hydrogen (secondary N) is 2. The van der Waals surface area contributed by atoms with Crippen LogP contribution in [0.25, 0.3) is 16.7 Å². The van der Waals surface area contributed by atoms with Gasteiger partial charge in [0, 0.05) is 64.6 Å². The number of imide groups is 1. The van der Waals surface area contributed by atoms with Crippen molar-refractivity contribution in [3.8, 4) is 0 Å². The Balaban J connectivity index is 0.798. The molecule has 0 spiro atoms. The Labute approximate surface area is 358 Å². The van der Waals surface area contributed by atoms with Gasteiger partial charge in [-0.15, -0.1) is 0 Å². The monoisotopic (exact) mass is 854 g/mol. The summed E-state index contributed by atoms with van der Waals surface area (Å²) in [5.41, 5.74) is 2.56. The van der Waals surface area contributed by atoms with E-state index in [9.17, 15) is 28.0 Å². The second kappa shape index (κ2) is 16.6. The lowest BCUT2D eigenvalue weighted by atomic mass is 9.83. The first-order valence-electron chi connectivity index (χ1n) is 22.0. The number of nitrogens with zero attached hydrogens (tertiary/aromatic N) is 10. The van der Waals surface area contributed by atoms with E-state index < -0.39 is 30.0 Å². The summed E-state index contributed by atoms with van der Waals surface area (Å²) >= 11 is 0. The molecule has 4 aliphatic rings. The molecule has 4 aromatic heterocycles. The Morgan fingerprint density at radius 3 is 2.44 bits per heavy atom. The fourth-order valence-corrected chi connectivity index (χ4v) is 10.2. The maximum absolute atomic E-state index is 14.4. The summed E-state index contributed by atoms with van der Waals surface area (Å²) in [6.07, 6.45) is 9.80. The number of alkyl halides is 2. The van der Waals surface area contributed by atoms with Crippen molar-refractivity contribution >= 4 is 51.6 Å². The predicted molar refractivity (Wildman–Crippen MR) is 231 cm³/mol. The first-order valence-corrected chi connectivity index (χ1v) is 22.0. The highest BCUT2D eigenvalue weighted by Gasteiger charge is 2.34. The molecule has 3 saturated heterocycles. The van der Waals surface area contributed by atoms with Crippen molar-refractivity contribution in [2.45, 2.75) is 103 Å². The number of hydrogen-bond donors (Lipinski definition) is 2. The Morgan fingerprint density at radius 2 is 1.73 bits per heavy atom. The lowest BCUT2D eigenvalue weighted by molar-refractivity contribution is -0.135. The molecule has 1 unspecified atom stereocenters. The van der Waals surface area contributed by atoms with E-state index in [1.165, 1.54) is 15.3 Å². The first-order chi connectivity index (χ1) is 29.7. The van der Waals surface area contributed by atoms with Crippen molar-refractivity contribution in [2.75, 3.05) is 54.9 Å². The van der Waals surface area contributed by atoms with Gasteiger partial charge in [-0.2, -0.15) is 10.2 Å². The zero-order chi connectivity index (χ0) is 43.4. The van der Waals surface area contributed by atoms with Crippen molar-refractivity contribution < 1.29 is 23.2 Å². The minimum absolute atomic E-state index is 0.00249. The van der Waals surface area contributed by atoms with Crippen LogP contribution < -0.4 is 26.1 Å². The number of anilines is 3. The number of fused-ring (bicyclic) bond motifs is 2. The standard InChI is InChI=1S/C44H56F2N12O4/c1-44(2)17-22-55(23-18-44)35-16-21-56-40(49-35)30(24-47-56)41(60)48-31-26-57(51-37(31)39(45)46)29-10-8-27(9-11-29)25-52(3)28-14-19-54(20-15-28)32-6-5-7-33-38(32)53(4)43(62)58(33)34-12-13-36(59)50-42(34)61/h5-7,16,21,24,26-29,34,39H,8-15,17-20,22-23,25H2,1-4H3,(H,48,60)(H,50,59,61). The van der Waals surface area contributed by atoms with Gasteiger partial charge >= 0.3 is 5.69 Å². The molecule has 1 saturated carbocycles. The Bertz CT molecular complexity index is 2550. The summed E-state index contributed by atoms with van der Waals surface area (Å²) in [7, 11) is 3.92. The molecule has 4 fully saturated rings. The third-order valence-corrected chi connectivity index (χ3v) is 14.0. The highest BCUT2D eigenvalue weighted by atomic mass is 19.3. The van der Waals surface area contributed by atoms with Crippen LogP contribution in [0.5, 0.6) is 0 Å². The van der Waals surface area contributed by atoms with Gasteiger partial charge in [0.25, 0.3) is 12.3 Å². The molecule has 2 N–H and O–H groups in total. The summed E-state index contributed by atoms with van der Waals surface area (Å²) < 4.78 is 35.0. The maximum atomic E-state index is 14.4. The van der Waals surface area contributed by atoms with Gasteiger partial charge < -0.3 is 20.0 Å². The van der Waals surface area contributed by atoms with E-state index in [0.717, 1.165) is 101 Å². The van der Waals surface area contributed by atoms with Crippen LogP contribution in [0, 0.1) is 11.3 Å². The van der Waals surface area contributed by atoms with Crippen LogP contribution in [0.3, 0.4) is 0 Å². The van der Waals surface area contributed by atoms with Crippen LogP contribution >= 0.6 is 0 Å². The molecule has 5 aromatic rings. The number of aryl methyl sites for hydroxylation is 1. The molecule has 1 aromatic carbocycles. The second-order valence-corrected chi connectivity index (χ2v) is 18.6. The molecule has 18 heteroatoms. The first kappa shape index (κ1) is 41.7. The molecular weight excluding hydrogens is 799 g/mol. The van der Waals surface area contributed by atoms with E-state index in [4.69, 9.17) is 4.98 Å². The van der Waals surface area contributed by atoms with Gasteiger partial charge in [0.15, 0.2) is 11.3 Å².